The van der Waals surface area contributed by atoms with Crippen LogP contribution in [0.3, 0.4) is 0 Å². The molecule has 4 nitrogen and oxygen atoms in total. The molecule has 0 aliphatic carbocycles. The maximum atomic E-state index is 14.7. The Labute approximate surface area is 193 Å². The van der Waals surface area contributed by atoms with Crippen LogP contribution in [0.25, 0.3) is 5.69 Å². The van der Waals surface area contributed by atoms with Crippen LogP contribution in [-0.4, -0.2) is 14.7 Å². The van der Waals surface area contributed by atoms with Crippen molar-refractivity contribution < 1.29 is 4.39 Å². The van der Waals surface area contributed by atoms with Crippen LogP contribution in [-0.2, 0) is 0 Å². The summed E-state index contributed by atoms with van der Waals surface area (Å²) in [5.74, 6) is -0.280. The molecular weight excluding hydrogens is 475 g/mol. The lowest BCUT2D eigenvalue weighted by atomic mass is 10.0. The molecule has 2 unspecified atom stereocenters. The van der Waals surface area contributed by atoms with Gasteiger partial charge < -0.3 is 14.8 Å². The first-order valence-electron chi connectivity index (χ1n) is 9.82. The Morgan fingerprint density at radius 2 is 1.71 bits per heavy atom. The summed E-state index contributed by atoms with van der Waals surface area (Å²) in [6.07, 6.45) is 3.65. The number of nitrogens with zero attached hydrogens (tertiary/aromatic N) is 3. The Kier molecular flexibility index (Phi) is 5.29. The summed E-state index contributed by atoms with van der Waals surface area (Å²) in [5, 5.41) is 4.04. The largest absolute Gasteiger partial charge is 0.351 e. The highest BCUT2D eigenvalue weighted by molar-refractivity contribution is 9.10. The maximum Gasteiger partial charge on any atom is 0.174 e. The molecule has 2 aromatic carbocycles. The molecular formula is C24H18BrFN4S. The second-order valence-corrected chi connectivity index (χ2v) is 8.53. The zero-order valence-electron chi connectivity index (χ0n) is 16.3. The zero-order chi connectivity index (χ0) is 21.4. The van der Waals surface area contributed by atoms with Crippen LogP contribution in [0.4, 0.5) is 10.1 Å². The molecule has 7 heteroatoms. The van der Waals surface area contributed by atoms with Gasteiger partial charge in [0, 0.05) is 28.2 Å². The van der Waals surface area contributed by atoms with Crippen molar-refractivity contribution in [3.05, 3.63) is 113 Å². The molecule has 1 fully saturated rings. The first kappa shape index (κ1) is 19.9. The van der Waals surface area contributed by atoms with E-state index < -0.39 is 0 Å². The van der Waals surface area contributed by atoms with E-state index in [9.17, 15) is 4.39 Å². The fraction of sp³-hybridized carbons (Fsp3) is 0.0833. The van der Waals surface area contributed by atoms with Gasteiger partial charge in [0.1, 0.15) is 11.9 Å². The Balaban J connectivity index is 1.68. The average Bonchev–Trinajstić information content (AvgIpc) is 3.39. The number of halogens is 2. The Bertz CT molecular complexity index is 1230. The molecule has 0 saturated carbocycles. The molecule has 0 radical (unpaired) electrons. The first-order valence-corrected chi connectivity index (χ1v) is 11.0. The molecule has 4 aromatic rings. The summed E-state index contributed by atoms with van der Waals surface area (Å²) < 4.78 is 17.6. The number of rotatable bonds is 4. The minimum absolute atomic E-state index is 0.197. The Morgan fingerprint density at radius 1 is 0.935 bits per heavy atom. The first-order chi connectivity index (χ1) is 15.1. The predicted molar refractivity (Wildman–Crippen MR) is 128 cm³/mol. The van der Waals surface area contributed by atoms with Crippen molar-refractivity contribution in [3.63, 3.8) is 0 Å². The van der Waals surface area contributed by atoms with Crippen LogP contribution < -0.4 is 10.2 Å². The third-order valence-electron chi connectivity index (χ3n) is 5.40. The van der Waals surface area contributed by atoms with E-state index in [0.717, 1.165) is 21.5 Å². The third-order valence-corrected chi connectivity index (χ3v) is 6.24. The number of pyridine rings is 1. The molecule has 0 bridgehead atoms. The monoisotopic (exact) mass is 492 g/mol. The maximum absolute atomic E-state index is 14.7. The van der Waals surface area contributed by atoms with Gasteiger partial charge in [0.05, 0.1) is 17.4 Å². The van der Waals surface area contributed by atoms with Gasteiger partial charge in [-0.3, -0.25) is 4.98 Å². The third kappa shape index (κ3) is 3.64. The second-order valence-electron chi connectivity index (χ2n) is 7.23. The summed E-state index contributed by atoms with van der Waals surface area (Å²) in [6.45, 7) is 0. The topological polar surface area (TPSA) is 33.1 Å². The fourth-order valence-corrected chi connectivity index (χ4v) is 4.65. The van der Waals surface area contributed by atoms with E-state index in [1.54, 1.807) is 18.3 Å². The summed E-state index contributed by atoms with van der Waals surface area (Å²) in [4.78, 5) is 6.66. The highest BCUT2D eigenvalue weighted by atomic mass is 79.9. The number of anilines is 1. The summed E-state index contributed by atoms with van der Waals surface area (Å²) in [6, 6.07) is 24.1. The van der Waals surface area contributed by atoms with E-state index in [1.165, 1.54) is 6.07 Å². The predicted octanol–water partition coefficient (Wildman–Crippen LogP) is 5.95. The number of thiocarbonyl (C=S) groups is 1. The molecule has 1 aliphatic rings. The van der Waals surface area contributed by atoms with Crippen LogP contribution in [0, 0.1) is 5.82 Å². The summed E-state index contributed by atoms with van der Waals surface area (Å²) >= 11 is 9.26. The smallest absolute Gasteiger partial charge is 0.174 e. The molecule has 0 amide bonds. The van der Waals surface area contributed by atoms with E-state index in [0.29, 0.717) is 10.8 Å². The molecule has 0 spiro atoms. The highest BCUT2D eigenvalue weighted by Crippen LogP contribution is 2.42. The normalized spacial score (nSPS) is 18.3. The molecule has 5 rings (SSSR count). The number of para-hydroxylation sites is 1. The number of hydrogen-bond acceptors (Lipinski definition) is 2. The highest BCUT2D eigenvalue weighted by Gasteiger charge is 2.42. The van der Waals surface area contributed by atoms with E-state index in [2.05, 4.69) is 31.1 Å². The van der Waals surface area contributed by atoms with Crippen molar-refractivity contribution in [2.45, 2.75) is 12.1 Å². The fourth-order valence-electron chi connectivity index (χ4n) is 4.04. The number of hydrogen-bond donors (Lipinski definition) is 1. The van der Waals surface area contributed by atoms with Crippen molar-refractivity contribution in [1.82, 2.24) is 14.9 Å². The van der Waals surface area contributed by atoms with Gasteiger partial charge in [-0.15, -0.1) is 0 Å². The molecule has 2 atom stereocenters. The second kappa shape index (κ2) is 8.24. The van der Waals surface area contributed by atoms with Crippen LogP contribution in [0.5, 0.6) is 0 Å². The summed E-state index contributed by atoms with van der Waals surface area (Å²) in [5.41, 5.74) is 3.23. The molecule has 1 saturated heterocycles. The van der Waals surface area contributed by atoms with Crippen molar-refractivity contribution in [1.29, 1.82) is 0 Å². The number of nitrogens with one attached hydrogen (secondary N) is 1. The van der Waals surface area contributed by atoms with Gasteiger partial charge in [-0.25, -0.2) is 4.39 Å². The minimum Gasteiger partial charge on any atom is -0.351 e. The van der Waals surface area contributed by atoms with Crippen LogP contribution in [0.2, 0.25) is 0 Å². The van der Waals surface area contributed by atoms with Gasteiger partial charge >= 0.3 is 0 Å². The molecule has 1 aliphatic heterocycles. The van der Waals surface area contributed by atoms with Crippen LogP contribution in [0.15, 0.2) is 95.7 Å². The lowest BCUT2D eigenvalue weighted by Crippen LogP contribution is -2.30. The average molecular weight is 493 g/mol. The lowest BCUT2D eigenvalue weighted by Gasteiger charge is -2.29. The van der Waals surface area contributed by atoms with E-state index in [-0.39, 0.29) is 17.9 Å². The van der Waals surface area contributed by atoms with E-state index in [1.807, 2.05) is 71.4 Å². The van der Waals surface area contributed by atoms with Crippen LogP contribution >= 0.6 is 28.1 Å². The van der Waals surface area contributed by atoms with E-state index >= 15 is 0 Å². The van der Waals surface area contributed by atoms with Gasteiger partial charge in [0.2, 0.25) is 0 Å². The van der Waals surface area contributed by atoms with Crippen LogP contribution in [0.1, 0.15) is 23.5 Å². The van der Waals surface area contributed by atoms with E-state index in [4.69, 9.17) is 12.2 Å². The minimum atomic E-state index is -0.280. The SMILES string of the molecule is Fc1ccccc1-n1cccc1C1C(c2ccccn2)NC(=S)N1c1ccc(Br)cc1. The summed E-state index contributed by atoms with van der Waals surface area (Å²) in [7, 11) is 0. The quantitative estimate of drug-likeness (QED) is 0.356. The van der Waals surface area contributed by atoms with Gasteiger partial charge in [-0.1, -0.05) is 34.1 Å². The Hall–Kier alpha value is -3.03. The van der Waals surface area contributed by atoms with Gasteiger partial charge in [0.25, 0.3) is 0 Å². The van der Waals surface area contributed by atoms with Crippen molar-refractivity contribution in [3.8, 4) is 5.69 Å². The molecule has 3 heterocycles. The number of aromatic nitrogens is 2. The van der Waals surface area contributed by atoms with Gasteiger partial charge in [0.15, 0.2) is 5.11 Å². The Morgan fingerprint density at radius 3 is 2.45 bits per heavy atom. The molecule has 154 valence electrons. The molecule has 1 N–H and O–H groups in total. The van der Waals surface area contributed by atoms with Gasteiger partial charge in [-0.2, -0.15) is 0 Å². The standard InChI is InChI=1S/C24H18BrFN4S/c25-16-10-12-17(13-11-16)30-23(22(28-24(30)31)19-7-3-4-14-27-19)21-9-5-15-29(21)20-8-2-1-6-18(20)26/h1-15,22-23H,(H,28,31). The van der Waals surface area contributed by atoms with Crippen molar-refractivity contribution >= 4 is 38.9 Å². The van der Waals surface area contributed by atoms with Crippen molar-refractivity contribution in [2.75, 3.05) is 4.90 Å². The van der Waals surface area contributed by atoms with Gasteiger partial charge in [-0.05, 0) is 72.9 Å². The molecule has 31 heavy (non-hydrogen) atoms. The lowest BCUT2D eigenvalue weighted by molar-refractivity contribution is 0.544. The number of benzene rings is 2. The molecule has 2 aromatic heterocycles. The van der Waals surface area contributed by atoms with Crippen molar-refractivity contribution in [2.24, 2.45) is 0 Å². The zero-order valence-corrected chi connectivity index (χ0v) is 18.7.